The van der Waals surface area contributed by atoms with E-state index in [1.807, 2.05) is 18.7 Å². The number of hydrogen-bond donors (Lipinski definition) is 1. The van der Waals surface area contributed by atoms with E-state index in [4.69, 9.17) is 0 Å². The van der Waals surface area contributed by atoms with Crippen LogP contribution in [0.4, 0.5) is 19.3 Å². The second-order valence-electron chi connectivity index (χ2n) is 8.49. The van der Waals surface area contributed by atoms with E-state index in [-0.39, 0.29) is 18.0 Å². The fraction of sp³-hybridized carbons (Fsp3) is 0.417. The second-order valence-corrected chi connectivity index (χ2v) is 8.49. The van der Waals surface area contributed by atoms with E-state index < -0.39 is 11.6 Å². The summed E-state index contributed by atoms with van der Waals surface area (Å²) in [6, 6.07) is 10.0. The molecule has 2 aromatic carbocycles. The van der Waals surface area contributed by atoms with Gasteiger partial charge in [-0.1, -0.05) is 26.0 Å². The Kier molecular flexibility index (Phi) is 7.25. The van der Waals surface area contributed by atoms with Gasteiger partial charge in [0.25, 0.3) is 0 Å². The molecule has 1 aliphatic heterocycles. The Labute approximate surface area is 182 Å². The molecule has 2 aromatic rings. The minimum absolute atomic E-state index is 0.0673. The van der Waals surface area contributed by atoms with Gasteiger partial charge in [-0.25, -0.2) is 13.6 Å². The highest BCUT2D eigenvalue weighted by Crippen LogP contribution is 2.24. The number of nitrogens with one attached hydrogen (secondary N) is 1. The van der Waals surface area contributed by atoms with Crippen molar-refractivity contribution in [3.8, 4) is 11.1 Å². The predicted octanol–water partition coefficient (Wildman–Crippen LogP) is 5.13. The van der Waals surface area contributed by atoms with E-state index in [2.05, 4.69) is 5.32 Å². The average Bonchev–Trinajstić information content (AvgIpc) is 2.72. The van der Waals surface area contributed by atoms with Crippen molar-refractivity contribution in [3.05, 3.63) is 54.1 Å². The molecule has 7 heteroatoms. The molecule has 0 atom stereocenters. The molecule has 166 valence electrons. The van der Waals surface area contributed by atoms with Gasteiger partial charge in [0.1, 0.15) is 11.6 Å². The summed E-state index contributed by atoms with van der Waals surface area (Å²) in [6.07, 6.45) is 2.05. The number of hydrogen-bond acceptors (Lipinski definition) is 2. The molecule has 0 unspecified atom stereocenters. The van der Waals surface area contributed by atoms with Gasteiger partial charge in [0.15, 0.2) is 0 Å². The van der Waals surface area contributed by atoms with Gasteiger partial charge >= 0.3 is 6.03 Å². The standard InChI is InChI=1S/C24H29F2N3O2/c1-16(2)12-23(30)29-10-8-22(9-11-29)28(3)24(31)27-21-6-4-17(5-7-21)18-13-19(25)15-20(26)14-18/h4-7,13-16,22H,8-12H2,1-3H3,(H,27,31). The smallest absolute Gasteiger partial charge is 0.321 e. The first-order valence-electron chi connectivity index (χ1n) is 10.6. The van der Waals surface area contributed by atoms with E-state index in [1.54, 1.807) is 36.2 Å². The minimum atomic E-state index is -0.633. The van der Waals surface area contributed by atoms with Gasteiger partial charge in [-0.3, -0.25) is 4.79 Å². The molecule has 0 aromatic heterocycles. The summed E-state index contributed by atoms with van der Waals surface area (Å²) in [5.74, 6) is -0.749. The zero-order valence-corrected chi connectivity index (χ0v) is 18.2. The molecule has 0 saturated carbocycles. The lowest BCUT2D eigenvalue weighted by molar-refractivity contribution is -0.133. The maximum atomic E-state index is 13.4. The van der Waals surface area contributed by atoms with Gasteiger partial charge in [0, 0.05) is 44.4 Å². The van der Waals surface area contributed by atoms with Crippen LogP contribution in [0, 0.1) is 17.6 Å². The lowest BCUT2D eigenvalue weighted by atomic mass is 10.0. The Morgan fingerprint density at radius 1 is 1.03 bits per heavy atom. The van der Waals surface area contributed by atoms with Gasteiger partial charge in [0.05, 0.1) is 0 Å². The number of carbonyl (C=O) groups is 2. The number of nitrogens with zero attached hydrogens (tertiary/aromatic N) is 2. The van der Waals surface area contributed by atoms with Crippen molar-refractivity contribution in [2.45, 2.75) is 39.2 Å². The van der Waals surface area contributed by atoms with E-state index in [1.165, 1.54) is 12.1 Å². The van der Waals surface area contributed by atoms with E-state index in [9.17, 15) is 18.4 Å². The fourth-order valence-corrected chi connectivity index (χ4v) is 3.82. The van der Waals surface area contributed by atoms with Crippen molar-refractivity contribution in [3.63, 3.8) is 0 Å². The van der Waals surface area contributed by atoms with Gasteiger partial charge in [-0.05, 0) is 54.2 Å². The highest BCUT2D eigenvalue weighted by molar-refractivity contribution is 5.89. The molecule has 1 N–H and O–H groups in total. The molecular formula is C24H29F2N3O2. The second kappa shape index (κ2) is 9.90. The van der Waals surface area contributed by atoms with E-state index >= 15 is 0 Å². The summed E-state index contributed by atoms with van der Waals surface area (Å²) >= 11 is 0. The van der Waals surface area contributed by atoms with E-state index in [0.717, 1.165) is 18.9 Å². The van der Waals surface area contributed by atoms with Crippen LogP contribution in [0.15, 0.2) is 42.5 Å². The zero-order chi connectivity index (χ0) is 22.5. The number of halogens is 2. The van der Waals surface area contributed by atoms with Crippen LogP contribution in [0.25, 0.3) is 11.1 Å². The normalized spacial score (nSPS) is 14.6. The van der Waals surface area contributed by atoms with Crippen LogP contribution < -0.4 is 5.32 Å². The largest absolute Gasteiger partial charge is 0.343 e. The summed E-state index contributed by atoms with van der Waals surface area (Å²) in [5, 5.41) is 2.86. The SMILES string of the molecule is CC(C)CC(=O)N1CCC(N(C)C(=O)Nc2ccc(-c3cc(F)cc(F)c3)cc2)CC1. The predicted molar refractivity (Wildman–Crippen MR) is 118 cm³/mol. The molecule has 1 saturated heterocycles. The number of piperidine rings is 1. The summed E-state index contributed by atoms with van der Waals surface area (Å²) < 4.78 is 26.9. The fourth-order valence-electron chi connectivity index (χ4n) is 3.82. The Hall–Kier alpha value is -2.96. The summed E-state index contributed by atoms with van der Waals surface area (Å²) in [7, 11) is 1.76. The number of rotatable bonds is 5. The molecule has 1 aliphatic rings. The molecule has 5 nitrogen and oxygen atoms in total. The molecule has 3 amide bonds. The first-order chi connectivity index (χ1) is 14.7. The lowest BCUT2D eigenvalue weighted by Gasteiger charge is -2.37. The Balaban J connectivity index is 1.55. The first kappa shape index (κ1) is 22.7. The molecule has 3 rings (SSSR count). The molecule has 0 spiro atoms. The Morgan fingerprint density at radius 2 is 1.61 bits per heavy atom. The molecule has 0 radical (unpaired) electrons. The topological polar surface area (TPSA) is 52.7 Å². The van der Waals surface area contributed by atoms with Crippen LogP contribution in [0.2, 0.25) is 0 Å². The van der Waals surface area contributed by atoms with Crippen LogP contribution >= 0.6 is 0 Å². The number of likely N-dealkylation sites (tertiary alicyclic amines) is 1. The molecular weight excluding hydrogens is 400 g/mol. The third-order valence-corrected chi connectivity index (χ3v) is 5.60. The highest BCUT2D eigenvalue weighted by atomic mass is 19.1. The monoisotopic (exact) mass is 429 g/mol. The van der Waals surface area contributed by atoms with Gasteiger partial charge < -0.3 is 15.1 Å². The van der Waals surface area contributed by atoms with Gasteiger partial charge in [-0.15, -0.1) is 0 Å². The number of benzene rings is 2. The van der Waals surface area contributed by atoms with Gasteiger partial charge in [0.2, 0.25) is 5.91 Å². The Bertz CT molecular complexity index is 903. The number of carbonyl (C=O) groups excluding carboxylic acids is 2. The molecule has 31 heavy (non-hydrogen) atoms. The van der Waals surface area contributed by atoms with Crippen LogP contribution in [-0.2, 0) is 4.79 Å². The van der Waals surface area contributed by atoms with Crippen LogP contribution in [0.3, 0.4) is 0 Å². The highest BCUT2D eigenvalue weighted by Gasteiger charge is 2.27. The molecule has 1 fully saturated rings. The molecule has 0 aliphatic carbocycles. The van der Waals surface area contributed by atoms with Crippen molar-refractivity contribution in [1.29, 1.82) is 0 Å². The summed E-state index contributed by atoms with van der Waals surface area (Å²) in [6.45, 7) is 5.39. The van der Waals surface area contributed by atoms with Crippen LogP contribution in [0.1, 0.15) is 33.1 Å². The van der Waals surface area contributed by atoms with Crippen LogP contribution in [0.5, 0.6) is 0 Å². The maximum absolute atomic E-state index is 13.4. The molecule has 0 bridgehead atoms. The van der Waals surface area contributed by atoms with Crippen LogP contribution in [-0.4, -0.2) is 47.9 Å². The van der Waals surface area contributed by atoms with Crippen molar-refractivity contribution in [1.82, 2.24) is 9.80 Å². The number of anilines is 1. The third-order valence-electron chi connectivity index (χ3n) is 5.60. The summed E-state index contributed by atoms with van der Waals surface area (Å²) in [5.41, 5.74) is 1.69. The average molecular weight is 430 g/mol. The number of amides is 3. The minimum Gasteiger partial charge on any atom is -0.343 e. The van der Waals surface area contributed by atoms with Crippen molar-refractivity contribution in [2.75, 3.05) is 25.5 Å². The first-order valence-corrected chi connectivity index (χ1v) is 10.6. The quantitative estimate of drug-likeness (QED) is 0.716. The maximum Gasteiger partial charge on any atom is 0.321 e. The lowest BCUT2D eigenvalue weighted by Crippen LogP contribution is -2.48. The number of urea groups is 1. The van der Waals surface area contributed by atoms with E-state index in [0.29, 0.717) is 42.2 Å². The molecule has 1 heterocycles. The summed E-state index contributed by atoms with van der Waals surface area (Å²) in [4.78, 5) is 28.4. The van der Waals surface area contributed by atoms with Gasteiger partial charge in [-0.2, -0.15) is 0 Å². The third kappa shape index (κ3) is 6.03. The Morgan fingerprint density at radius 3 is 2.16 bits per heavy atom. The van der Waals surface area contributed by atoms with Crippen molar-refractivity contribution < 1.29 is 18.4 Å². The van der Waals surface area contributed by atoms with Crippen molar-refractivity contribution in [2.24, 2.45) is 5.92 Å². The van der Waals surface area contributed by atoms with Crippen molar-refractivity contribution >= 4 is 17.6 Å². The zero-order valence-electron chi connectivity index (χ0n) is 18.2.